The number of rotatable bonds is 9. The molecule has 1 aliphatic rings. The molecule has 1 aromatic heterocycles. The molecule has 1 aromatic carbocycles. The molecule has 7 heteroatoms. The maximum Gasteiger partial charge on any atom is 0.339 e. The number of nitrogens with zero attached hydrogens (tertiary/aromatic N) is 1. The molecule has 1 heterocycles. The van der Waals surface area contributed by atoms with Crippen molar-refractivity contribution in [2.75, 3.05) is 6.54 Å². The average molecular weight is 427 g/mol. The highest BCUT2D eigenvalue weighted by Gasteiger charge is 2.19. The lowest BCUT2D eigenvalue weighted by Gasteiger charge is -2.16. The van der Waals surface area contributed by atoms with E-state index in [2.05, 4.69) is 16.5 Å². The quantitative estimate of drug-likeness (QED) is 0.471. The smallest absolute Gasteiger partial charge is 0.339 e. The van der Waals surface area contributed by atoms with Crippen LogP contribution in [0.3, 0.4) is 0 Å². The van der Waals surface area contributed by atoms with E-state index in [0.717, 1.165) is 30.5 Å². The van der Waals surface area contributed by atoms with Crippen molar-refractivity contribution in [3.05, 3.63) is 58.5 Å². The Morgan fingerprint density at radius 2 is 2.10 bits per heavy atom. The molecule has 1 N–H and O–H groups in total. The number of carbonyl (C=O) groups is 2. The van der Waals surface area contributed by atoms with Gasteiger partial charge >= 0.3 is 5.97 Å². The molecule has 0 saturated carbocycles. The van der Waals surface area contributed by atoms with Crippen molar-refractivity contribution in [3.8, 4) is 5.75 Å². The van der Waals surface area contributed by atoms with Gasteiger partial charge in [0.05, 0.1) is 16.8 Å². The first-order chi connectivity index (χ1) is 14.9. The van der Waals surface area contributed by atoms with Crippen LogP contribution in [0.4, 0.5) is 0 Å². The number of esters is 1. The van der Waals surface area contributed by atoms with E-state index in [1.165, 1.54) is 18.4 Å². The van der Waals surface area contributed by atoms with Gasteiger partial charge in [-0.25, -0.2) is 4.79 Å². The van der Waals surface area contributed by atoms with Crippen LogP contribution in [0, 0.1) is 13.8 Å². The molecule has 0 fully saturated rings. The van der Waals surface area contributed by atoms with Crippen LogP contribution in [0.25, 0.3) is 0 Å². The van der Waals surface area contributed by atoms with Gasteiger partial charge in [0.2, 0.25) is 0 Å². The maximum absolute atomic E-state index is 12.5. The van der Waals surface area contributed by atoms with E-state index in [-0.39, 0.29) is 12.5 Å². The molecule has 0 spiro atoms. The predicted octanol–water partition coefficient (Wildman–Crippen LogP) is 4.42. The highest BCUT2D eigenvalue weighted by Crippen LogP contribution is 2.20. The maximum atomic E-state index is 12.5. The van der Waals surface area contributed by atoms with E-state index < -0.39 is 12.1 Å². The molecule has 31 heavy (non-hydrogen) atoms. The van der Waals surface area contributed by atoms with E-state index in [9.17, 15) is 9.59 Å². The van der Waals surface area contributed by atoms with Crippen LogP contribution in [-0.4, -0.2) is 29.7 Å². The van der Waals surface area contributed by atoms with Crippen LogP contribution in [0.15, 0.2) is 40.4 Å². The Bertz CT molecular complexity index is 928. The lowest BCUT2D eigenvalue weighted by molar-refractivity contribution is -0.129. The van der Waals surface area contributed by atoms with Gasteiger partial charge in [0.15, 0.2) is 6.10 Å². The summed E-state index contributed by atoms with van der Waals surface area (Å²) in [6, 6.07) is 6.69. The summed E-state index contributed by atoms with van der Waals surface area (Å²) in [6.45, 7) is 6.09. The molecule has 1 amide bonds. The number of allylic oxidation sites excluding steroid dienone is 1. The number of aryl methyl sites for hydroxylation is 2. The van der Waals surface area contributed by atoms with Gasteiger partial charge in [-0.3, -0.25) is 4.79 Å². The van der Waals surface area contributed by atoms with E-state index in [1.807, 2.05) is 13.8 Å². The Kier molecular flexibility index (Phi) is 7.87. The van der Waals surface area contributed by atoms with Gasteiger partial charge in [-0.1, -0.05) is 22.9 Å². The topological polar surface area (TPSA) is 90.7 Å². The van der Waals surface area contributed by atoms with Crippen LogP contribution in [0.2, 0.25) is 0 Å². The number of hydrogen-bond donors (Lipinski definition) is 1. The van der Waals surface area contributed by atoms with E-state index in [4.69, 9.17) is 14.0 Å². The first kappa shape index (κ1) is 22.6. The molecule has 1 atom stereocenters. The summed E-state index contributed by atoms with van der Waals surface area (Å²) in [5.74, 6) is 0.357. The van der Waals surface area contributed by atoms with Gasteiger partial charge in [-0.05, 0) is 71.1 Å². The average Bonchev–Trinajstić information content (AvgIpc) is 3.10. The largest absolute Gasteiger partial charge is 0.489 e. The Labute approximate surface area is 182 Å². The monoisotopic (exact) mass is 426 g/mol. The first-order valence-electron chi connectivity index (χ1n) is 10.7. The number of ether oxygens (including phenoxy) is 2. The Morgan fingerprint density at radius 3 is 2.81 bits per heavy atom. The summed E-state index contributed by atoms with van der Waals surface area (Å²) in [4.78, 5) is 24.8. The minimum absolute atomic E-state index is 0.287. The van der Waals surface area contributed by atoms with E-state index in [1.54, 1.807) is 31.2 Å². The molecule has 0 bridgehead atoms. The van der Waals surface area contributed by atoms with E-state index >= 15 is 0 Å². The molecule has 1 unspecified atom stereocenters. The van der Waals surface area contributed by atoms with Gasteiger partial charge in [0.25, 0.3) is 5.91 Å². The van der Waals surface area contributed by atoms with Crippen molar-refractivity contribution in [1.29, 1.82) is 0 Å². The fraction of sp³-hybridized carbons (Fsp3) is 0.458. The molecule has 0 radical (unpaired) electrons. The van der Waals surface area contributed by atoms with Crippen LogP contribution >= 0.6 is 0 Å². The highest BCUT2D eigenvalue weighted by molar-refractivity contribution is 5.92. The van der Waals surface area contributed by atoms with Gasteiger partial charge in [-0.15, -0.1) is 0 Å². The van der Waals surface area contributed by atoms with Crippen LogP contribution < -0.4 is 10.1 Å². The van der Waals surface area contributed by atoms with Crippen LogP contribution in [0.5, 0.6) is 5.75 Å². The number of carbonyl (C=O) groups excluding carboxylic acids is 2. The summed E-state index contributed by atoms with van der Waals surface area (Å²) >= 11 is 0. The second kappa shape index (κ2) is 10.8. The zero-order valence-corrected chi connectivity index (χ0v) is 18.4. The zero-order chi connectivity index (χ0) is 22.2. The summed E-state index contributed by atoms with van der Waals surface area (Å²) in [5.41, 5.74) is 3.36. The molecule has 2 aromatic rings. The third-order valence-corrected chi connectivity index (χ3v) is 5.42. The number of hydrogen-bond acceptors (Lipinski definition) is 6. The first-order valence-corrected chi connectivity index (χ1v) is 10.7. The fourth-order valence-electron chi connectivity index (χ4n) is 3.48. The number of amides is 1. The van der Waals surface area contributed by atoms with Crippen LogP contribution in [-0.2, 0) is 16.1 Å². The van der Waals surface area contributed by atoms with E-state index in [0.29, 0.717) is 23.6 Å². The third-order valence-electron chi connectivity index (χ3n) is 5.42. The summed E-state index contributed by atoms with van der Waals surface area (Å²) < 4.78 is 16.2. The third kappa shape index (κ3) is 6.44. The lowest BCUT2D eigenvalue weighted by Crippen LogP contribution is -2.36. The van der Waals surface area contributed by atoms with Crippen molar-refractivity contribution < 1.29 is 23.6 Å². The minimum Gasteiger partial charge on any atom is -0.489 e. The standard InChI is InChI=1S/C24H30N2O5/c1-16-22(17(2)31-26-16)15-29-21-11-7-10-20(14-21)24(28)30-18(3)23(27)25-13-12-19-8-5-4-6-9-19/h7-8,10-11,14,18H,4-6,9,12-13,15H2,1-3H3,(H,25,27). The number of aromatic nitrogens is 1. The summed E-state index contributed by atoms with van der Waals surface area (Å²) in [5, 5.41) is 6.75. The number of benzene rings is 1. The molecule has 0 aliphatic heterocycles. The van der Waals surface area contributed by atoms with Gasteiger partial charge in [0, 0.05) is 6.54 Å². The van der Waals surface area contributed by atoms with Crippen molar-refractivity contribution in [3.63, 3.8) is 0 Å². The van der Waals surface area contributed by atoms with Crippen LogP contribution in [0.1, 0.15) is 66.4 Å². The summed E-state index contributed by atoms with van der Waals surface area (Å²) in [6.07, 6.45) is 6.92. The molecule has 7 nitrogen and oxygen atoms in total. The Hall–Kier alpha value is -3.09. The second-order valence-electron chi connectivity index (χ2n) is 7.82. The normalized spacial score (nSPS) is 14.5. The van der Waals surface area contributed by atoms with Crippen molar-refractivity contribution in [2.45, 2.75) is 65.6 Å². The molecule has 1 aliphatic carbocycles. The molecule has 166 valence electrons. The zero-order valence-electron chi connectivity index (χ0n) is 18.4. The van der Waals surface area contributed by atoms with Gasteiger partial charge < -0.3 is 19.3 Å². The minimum atomic E-state index is -0.875. The second-order valence-corrected chi connectivity index (χ2v) is 7.82. The highest BCUT2D eigenvalue weighted by atomic mass is 16.5. The Morgan fingerprint density at radius 1 is 1.26 bits per heavy atom. The SMILES string of the molecule is Cc1noc(C)c1COc1cccc(C(=O)OC(C)C(=O)NCCC2=CCCCC2)c1. The van der Waals surface area contributed by atoms with Gasteiger partial charge in [0.1, 0.15) is 18.1 Å². The van der Waals surface area contributed by atoms with Gasteiger partial charge in [-0.2, -0.15) is 0 Å². The number of nitrogens with one attached hydrogen (secondary N) is 1. The predicted molar refractivity (Wildman–Crippen MR) is 116 cm³/mol. The van der Waals surface area contributed by atoms with Crippen molar-refractivity contribution in [2.24, 2.45) is 0 Å². The van der Waals surface area contributed by atoms with Crippen molar-refractivity contribution >= 4 is 11.9 Å². The lowest BCUT2D eigenvalue weighted by atomic mass is 9.97. The Balaban J connectivity index is 1.48. The molecule has 0 saturated heterocycles. The molecular weight excluding hydrogens is 396 g/mol. The fourth-order valence-corrected chi connectivity index (χ4v) is 3.48. The molecule has 3 rings (SSSR count). The molecular formula is C24H30N2O5. The van der Waals surface area contributed by atoms with Crippen molar-refractivity contribution in [1.82, 2.24) is 10.5 Å². The summed E-state index contributed by atoms with van der Waals surface area (Å²) in [7, 11) is 0.